The molecule has 1 saturated heterocycles. The Morgan fingerprint density at radius 2 is 1.95 bits per heavy atom. The van der Waals surface area contributed by atoms with E-state index in [1.54, 1.807) is 19.5 Å². The summed E-state index contributed by atoms with van der Waals surface area (Å²) in [6.07, 6.45) is 3.59. The molecule has 6 nitrogen and oxygen atoms in total. The molecule has 0 spiro atoms. The molecular formula is C13H23N5O. The average molecular weight is 265 g/mol. The van der Waals surface area contributed by atoms with Crippen LogP contribution in [0.4, 0.5) is 5.95 Å². The van der Waals surface area contributed by atoms with Crippen molar-refractivity contribution in [2.24, 2.45) is 0 Å². The third kappa shape index (κ3) is 3.86. The van der Waals surface area contributed by atoms with Crippen LogP contribution in [0.15, 0.2) is 18.5 Å². The number of aromatic nitrogens is 2. The molecule has 1 aromatic heterocycles. The van der Waals surface area contributed by atoms with Crippen molar-refractivity contribution in [2.45, 2.75) is 6.04 Å². The van der Waals surface area contributed by atoms with Crippen LogP contribution in [0.5, 0.6) is 0 Å². The van der Waals surface area contributed by atoms with Crippen molar-refractivity contribution >= 4 is 5.95 Å². The molecule has 1 fully saturated rings. The standard InChI is InChI=1S/C13H23N5O/c1-14-10-12(11-19-2)17-6-8-18(9-7-17)13-15-4-3-5-16-13/h3-5,12,14H,6-11H2,1-2H3. The Morgan fingerprint density at radius 3 is 2.53 bits per heavy atom. The highest BCUT2D eigenvalue weighted by Gasteiger charge is 2.24. The van der Waals surface area contributed by atoms with Gasteiger partial charge in [0.1, 0.15) is 0 Å². The van der Waals surface area contributed by atoms with Crippen molar-refractivity contribution in [3.8, 4) is 0 Å². The molecule has 1 N–H and O–H groups in total. The number of likely N-dealkylation sites (N-methyl/N-ethyl adjacent to an activating group) is 1. The fourth-order valence-corrected chi connectivity index (χ4v) is 2.46. The van der Waals surface area contributed by atoms with Crippen molar-refractivity contribution < 1.29 is 4.74 Å². The van der Waals surface area contributed by atoms with Gasteiger partial charge < -0.3 is 15.0 Å². The van der Waals surface area contributed by atoms with Gasteiger partial charge in [0.2, 0.25) is 5.95 Å². The number of ether oxygens (including phenoxy) is 1. The molecule has 1 aliphatic heterocycles. The molecule has 6 heteroatoms. The molecule has 1 atom stereocenters. The number of nitrogens with one attached hydrogen (secondary N) is 1. The summed E-state index contributed by atoms with van der Waals surface area (Å²) in [7, 11) is 3.74. The minimum atomic E-state index is 0.439. The predicted octanol–water partition coefficient (Wildman–Crippen LogP) is -0.167. The molecule has 19 heavy (non-hydrogen) atoms. The second-order valence-corrected chi connectivity index (χ2v) is 4.74. The first-order chi connectivity index (χ1) is 9.35. The largest absolute Gasteiger partial charge is 0.383 e. The molecule has 106 valence electrons. The van der Waals surface area contributed by atoms with Gasteiger partial charge in [-0.15, -0.1) is 0 Å². The highest BCUT2D eigenvalue weighted by Crippen LogP contribution is 2.11. The second kappa shape index (κ2) is 7.37. The van der Waals surface area contributed by atoms with Gasteiger partial charge in [0, 0.05) is 58.3 Å². The van der Waals surface area contributed by atoms with Gasteiger partial charge in [-0.2, -0.15) is 0 Å². The molecule has 0 bridgehead atoms. The Balaban J connectivity index is 1.87. The summed E-state index contributed by atoms with van der Waals surface area (Å²) in [6.45, 7) is 5.70. The van der Waals surface area contributed by atoms with E-state index in [1.807, 2.05) is 13.1 Å². The summed E-state index contributed by atoms with van der Waals surface area (Å²) in [6, 6.07) is 2.29. The Morgan fingerprint density at radius 1 is 1.26 bits per heavy atom. The van der Waals surface area contributed by atoms with Gasteiger partial charge >= 0.3 is 0 Å². The molecule has 0 saturated carbocycles. The van der Waals surface area contributed by atoms with E-state index >= 15 is 0 Å². The number of piperazine rings is 1. The monoisotopic (exact) mass is 265 g/mol. The maximum Gasteiger partial charge on any atom is 0.225 e. The quantitative estimate of drug-likeness (QED) is 0.771. The van der Waals surface area contributed by atoms with E-state index in [1.165, 1.54) is 0 Å². The Bertz CT molecular complexity index is 347. The van der Waals surface area contributed by atoms with Crippen LogP contribution in [0.25, 0.3) is 0 Å². The summed E-state index contributed by atoms with van der Waals surface area (Å²) in [5.74, 6) is 0.832. The van der Waals surface area contributed by atoms with E-state index < -0.39 is 0 Å². The lowest BCUT2D eigenvalue weighted by atomic mass is 10.2. The number of nitrogens with zero attached hydrogens (tertiary/aromatic N) is 4. The molecule has 2 rings (SSSR count). The zero-order valence-electron chi connectivity index (χ0n) is 11.7. The van der Waals surface area contributed by atoms with E-state index in [9.17, 15) is 0 Å². The number of hydrogen-bond acceptors (Lipinski definition) is 6. The van der Waals surface area contributed by atoms with E-state index in [0.717, 1.165) is 45.3 Å². The maximum atomic E-state index is 5.30. The number of hydrogen-bond donors (Lipinski definition) is 1. The normalized spacial score (nSPS) is 18.5. The van der Waals surface area contributed by atoms with E-state index in [2.05, 4.69) is 25.1 Å². The highest BCUT2D eigenvalue weighted by atomic mass is 16.5. The average Bonchev–Trinajstić information content (AvgIpc) is 2.48. The Hall–Kier alpha value is -1.24. The topological polar surface area (TPSA) is 53.5 Å². The summed E-state index contributed by atoms with van der Waals surface area (Å²) >= 11 is 0. The van der Waals surface area contributed by atoms with Crippen molar-refractivity contribution in [3.63, 3.8) is 0 Å². The molecular weight excluding hydrogens is 242 g/mol. The van der Waals surface area contributed by atoms with E-state index in [-0.39, 0.29) is 0 Å². The van der Waals surface area contributed by atoms with Gasteiger partial charge in [0.25, 0.3) is 0 Å². The first kappa shape index (κ1) is 14.2. The summed E-state index contributed by atoms with van der Waals surface area (Å²) in [5.41, 5.74) is 0. The number of methoxy groups -OCH3 is 1. The first-order valence-corrected chi connectivity index (χ1v) is 6.74. The van der Waals surface area contributed by atoms with Crippen LogP contribution >= 0.6 is 0 Å². The van der Waals surface area contributed by atoms with Crippen LogP contribution < -0.4 is 10.2 Å². The summed E-state index contributed by atoms with van der Waals surface area (Å²) < 4.78 is 5.30. The predicted molar refractivity (Wildman–Crippen MR) is 75.4 cm³/mol. The van der Waals surface area contributed by atoms with Gasteiger partial charge in [0.05, 0.1) is 6.61 Å². The lowest BCUT2D eigenvalue weighted by molar-refractivity contribution is 0.0860. The van der Waals surface area contributed by atoms with Crippen LogP contribution in [-0.4, -0.2) is 74.4 Å². The molecule has 2 heterocycles. The van der Waals surface area contributed by atoms with E-state index in [4.69, 9.17) is 4.74 Å². The zero-order valence-corrected chi connectivity index (χ0v) is 11.7. The molecule has 1 aliphatic rings. The van der Waals surface area contributed by atoms with Gasteiger partial charge in [-0.05, 0) is 13.1 Å². The van der Waals surface area contributed by atoms with Crippen LogP contribution in [0.1, 0.15) is 0 Å². The van der Waals surface area contributed by atoms with Gasteiger partial charge in [-0.3, -0.25) is 4.90 Å². The number of rotatable bonds is 6. The van der Waals surface area contributed by atoms with Crippen LogP contribution in [0.3, 0.4) is 0 Å². The van der Waals surface area contributed by atoms with Crippen molar-refractivity contribution in [1.29, 1.82) is 0 Å². The summed E-state index contributed by atoms with van der Waals surface area (Å²) in [4.78, 5) is 13.3. The number of anilines is 1. The smallest absolute Gasteiger partial charge is 0.225 e. The van der Waals surface area contributed by atoms with Gasteiger partial charge in [-0.25, -0.2) is 9.97 Å². The Labute approximate surface area is 114 Å². The molecule has 1 aromatic rings. The lowest BCUT2D eigenvalue weighted by Gasteiger charge is -2.39. The lowest BCUT2D eigenvalue weighted by Crippen LogP contribution is -2.54. The molecule has 0 aromatic carbocycles. The highest BCUT2D eigenvalue weighted by molar-refractivity contribution is 5.29. The first-order valence-electron chi connectivity index (χ1n) is 6.74. The van der Waals surface area contributed by atoms with Crippen molar-refractivity contribution in [2.75, 3.05) is 58.4 Å². The molecule has 0 amide bonds. The van der Waals surface area contributed by atoms with Crippen LogP contribution in [0, 0.1) is 0 Å². The van der Waals surface area contributed by atoms with Crippen LogP contribution in [-0.2, 0) is 4.74 Å². The van der Waals surface area contributed by atoms with Crippen LogP contribution in [0.2, 0.25) is 0 Å². The van der Waals surface area contributed by atoms with E-state index in [0.29, 0.717) is 6.04 Å². The minimum Gasteiger partial charge on any atom is -0.383 e. The SMILES string of the molecule is CNCC(COC)N1CCN(c2ncccn2)CC1. The Kier molecular flexibility index (Phi) is 5.50. The fourth-order valence-electron chi connectivity index (χ4n) is 2.46. The maximum absolute atomic E-state index is 5.30. The van der Waals surface area contributed by atoms with Crippen molar-refractivity contribution in [1.82, 2.24) is 20.2 Å². The van der Waals surface area contributed by atoms with Crippen molar-refractivity contribution in [3.05, 3.63) is 18.5 Å². The molecule has 1 unspecified atom stereocenters. The zero-order chi connectivity index (χ0) is 13.5. The van der Waals surface area contributed by atoms with Gasteiger partial charge in [-0.1, -0.05) is 0 Å². The fraction of sp³-hybridized carbons (Fsp3) is 0.692. The summed E-state index contributed by atoms with van der Waals surface area (Å²) in [5, 5.41) is 3.23. The third-order valence-electron chi connectivity index (χ3n) is 3.46. The second-order valence-electron chi connectivity index (χ2n) is 4.74. The van der Waals surface area contributed by atoms with Gasteiger partial charge in [0.15, 0.2) is 0 Å². The third-order valence-corrected chi connectivity index (χ3v) is 3.46. The molecule has 0 aliphatic carbocycles. The molecule has 0 radical (unpaired) electrons. The minimum absolute atomic E-state index is 0.439.